The molecule has 0 aromatic heterocycles. The predicted octanol–water partition coefficient (Wildman–Crippen LogP) is 2.26. The number of carbonyl (C=O) groups is 1. The molecule has 0 spiro atoms. The highest BCUT2D eigenvalue weighted by atomic mass is 35.5. The fourth-order valence-electron chi connectivity index (χ4n) is 2.92. The number of fused-ring (bicyclic) bond motifs is 1. The molecule has 1 aromatic carbocycles. The van der Waals surface area contributed by atoms with Gasteiger partial charge in [-0.15, -0.1) is 11.6 Å². The maximum Gasteiger partial charge on any atom is 0.254 e. The number of benzene rings is 1. The maximum atomic E-state index is 12.6. The van der Waals surface area contributed by atoms with E-state index in [1.807, 2.05) is 11.0 Å². The van der Waals surface area contributed by atoms with E-state index >= 15 is 0 Å². The van der Waals surface area contributed by atoms with E-state index in [4.69, 9.17) is 16.3 Å². The second-order valence-electron chi connectivity index (χ2n) is 5.22. The van der Waals surface area contributed by atoms with E-state index in [1.165, 1.54) is 17.5 Å². The maximum absolute atomic E-state index is 12.6. The van der Waals surface area contributed by atoms with Crippen LogP contribution >= 0.6 is 11.6 Å². The Balaban J connectivity index is 1.82. The van der Waals surface area contributed by atoms with Crippen LogP contribution in [-0.2, 0) is 17.6 Å². The molecule has 1 unspecified atom stereocenters. The Hall–Kier alpha value is -1.06. The lowest BCUT2D eigenvalue weighted by molar-refractivity contribution is 0.00456. The molecule has 1 saturated heterocycles. The molecule has 1 heterocycles. The predicted molar refractivity (Wildman–Crippen MR) is 74.8 cm³/mol. The number of alkyl halides is 1. The van der Waals surface area contributed by atoms with Gasteiger partial charge in [-0.25, -0.2) is 0 Å². The Bertz CT molecular complexity index is 489. The number of halogens is 1. The number of aryl methyl sites for hydroxylation is 2. The Labute approximate surface area is 118 Å². The van der Waals surface area contributed by atoms with Crippen LogP contribution in [0.5, 0.6) is 0 Å². The SMILES string of the molecule is O=C(c1ccc2c(c1)CCC2)N1CCOCC1CCl. The van der Waals surface area contributed by atoms with Gasteiger partial charge in [0.25, 0.3) is 5.91 Å². The van der Waals surface area contributed by atoms with Gasteiger partial charge in [-0.1, -0.05) is 6.07 Å². The van der Waals surface area contributed by atoms with Crippen LogP contribution in [0, 0.1) is 0 Å². The molecular formula is C15H18ClNO2. The Kier molecular flexibility index (Phi) is 3.76. The Morgan fingerprint density at radius 3 is 3.05 bits per heavy atom. The number of morpholine rings is 1. The summed E-state index contributed by atoms with van der Waals surface area (Å²) in [7, 11) is 0. The molecule has 1 aliphatic heterocycles. The molecule has 19 heavy (non-hydrogen) atoms. The summed E-state index contributed by atoms with van der Waals surface area (Å²) in [5.74, 6) is 0.514. The van der Waals surface area contributed by atoms with Gasteiger partial charge in [0.1, 0.15) is 0 Å². The highest BCUT2D eigenvalue weighted by Gasteiger charge is 2.28. The first-order valence-electron chi connectivity index (χ1n) is 6.86. The third-order valence-electron chi connectivity index (χ3n) is 4.01. The van der Waals surface area contributed by atoms with Crippen molar-refractivity contribution in [2.75, 3.05) is 25.6 Å². The van der Waals surface area contributed by atoms with Crippen molar-refractivity contribution in [3.63, 3.8) is 0 Å². The molecule has 4 heteroatoms. The summed E-state index contributed by atoms with van der Waals surface area (Å²) >= 11 is 5.93. The van der Waals surface area contributed by atoms with Crippen LogP contribution in [0.25, 0.3) is 0 Å². The van der Waals surface area contributed by atoms with Gasteiger partial charge in [-0.2, -0.15) is 0 Å². The van der Waals surface area contributed by atoms with Crippen LogP contribution in [0.15, 0.2) is 18.2 Å². The van der Waals surface area contributed by atoms with Gasteiger partial charge >= 0.3 is 0 Å². The van der Waals surface area contributed by atoms with Crippen molar-refractivity contribution in [3.05, 3.63) is 34.9 Å². The first-order chi connectivity index (χ1) is 9.29. The highest BCUT2D eigenvalue weighted by molar-refractivity contribution is 6.18. The van der Waals surface area contributed by atoms with E-state index in [1.54, 1.807) is 0 Å². The smallest absolute Gasteiger partial charge is 0.254 e. The van der Waals surface area contributed by atoms with Crippen molar-refractivity contribution < 1.29 is 9.53 Å². The van der Waals surface area contributed by atoms with Gasteiger partial charge in [-0.05, 0) is 42.5 Å². The van der Waals surface area contributed by atoms with Gasteiger partial charge in [0, 0.05) is 18.0 Å². The van der Waals surface area contributed by atoms with Crippen LogP contribution < -0.4 is 0 Å². The summed E-state index contributed by atoms with van der Waals surface area (Å²) in [5, 5.41) is 0. The van der Waals surface area contributed by atoms with Crippen LogP contribution in [0.3, 0.4) is 0 Å². The molecule has 3 nitrogen and oxygen atoms in total. The van der Waals surface area contributed by atoms with Gasteiger partial charge in [0.2, 0.25) is 0 Å². The summed E-state index contributed by atoms with van der Waals surface area (Å²) < 4.78 is 5.38. The molecule has 1 fully saturated rings. The highest BCUT2D eigenvalue weighted by Crippen LogP contribution is 2.24. The second-order valence-corrected chi connectivity index (χ2v) is 5.53. The van der Waals surface area contributed by atoms with Crippen LogP contribution in [0.1, 0.15) is 27.9 Å². The fraction of sp³-hybridized carbons (Fsp3) is 0.533. The van der Waals surface area contributed by atoms with E-state index < -0.39 is 0 Å². The molecule has 102 valence electrons. The van der Waals surface area contributed by atoms with Crippen LogP contribution in [0.2, 0.25) is 0 Å². The molecule has 1 aliphatic carbocycles. The van der Waals surface area contributed by atoms with Crippen molar-refractivity contribution >= 4 is 17.5 Å². The number of nitrogens with zero attached hydrogens (tertiary/aromatic N) is 1. The largest absolute Gasteiger partial charge is 0.377 e. The summed E-state index contributed by atoms with van der Waals surface area (Å²) in [5.41, 5.74) is 3.52. The number of hydrogen-bond donors (Lipinski definition) is 0. The molecule has 3 rings (SSSR count). The lowest BCUT2D eigenvalue weighted by atomic mass is 10.0. The monoisotopic (exact) mass is 279 g/mol. The molecule has 1 atom stereocenters. The zero-order valence-electron chi connectivity index (χ0n) is 10.9. The van der Waals surface area contributed by atoms with E-state index in [2.05, 4.69) is 12.1 Å². The Morgan fingerprint density at radius 2 is 2.21 bits per heavy atom. The molecule has 1 aromatic rings. The van der Waals surface area contributed by atoms with Crippen LogP contribution in [-0.4, -0.2) is 42.5 Å². The van der Waals surface area contributed by atoms with Gasteiger partial charge in [0.15, 0.2) is 0 Å². The third kappa shape index (κ3) is 2.49. The normalized spacial score (nSPS) is 22.4. The van der Waals surface area contributed by atoms with E-state index in [0.29, 0.717) is 25.6 Å². The van der Waals surface area contributed by atoms with Gasteiger partial charge in [0.05, 0.1) is 19.3 Å². The average molecular weight is 280 g/mol. The van der Waals surface area contributed by atoms with Crippen molar-refractivity contribution in [1.82, 2.24) is 4.90 Å². The average Bonchev–Trinajstić information content (AvgIpc) is 2.93. The summed E-state index contributed by atoms with van der Waals surface area (Å²) in [6, 6.07) is 6.11. The zero-order valence-corrected chi connectivity index (χ0v) is 11.7. The molecule has 0 saturated carbocycles. The molecular weight excluding hydrogens is 262 g/mol. The van der Waals surface area contributed by atoms with Crippen molar-refractivity contribution in [3.8, 4) is 0 Å². The molecule has 1 amide bonds. The number of ether oxygens (including phenoxy) is 1. The van der Waals surface area contributed by atoms with Crippen molar-refractivity contribution in [2.45, 2.75) is 25.3 Å². The minimum atomic E-state index is -0.00355. The summed E-state index contributed by atoms with van der Waals surface area (Å²) in [6.07, 6.45) is 3.44. The van der Waals surface area contributed by atoms with Crippen molar-refractivity contribution in [2.24, 2.45) is 0 Å². The molecule has 0 radical (unpaired) electrons. The van der Waals surface area contributed by atoms with Crippen molar-refractivity contribution in [1.29, 1.82) is 0 Å². The molecule has 0 bridgehead atoms. The number of rotatable bonds is 2. The zero-order chi connectivity index (χ0) is 13.2. The standard InChI is InChI=1S/C15H18ClNO2/c16-9-14-10-19-7-6-17(14)15(18)13-5-4-11-2-1-3-12(11)8-13/h4-5,8,14H,1-3,6-7,9-10H2. The minimum Gasteiger partial charge on any atom is -0.377 e. The van der Waals surface area contributed by atoms with E-state index in [-0.39, 0.29) is 11.9 Å². The number of carbonyl (C=O) groups excluding carboxylic acids is 1. The first kappa shape index (κ1) is 12.9. The molecule has 2 aliphatic rings. The summed E-state index contributed by atoms with van der Waals surface area (Å²) in [4.78, 5) is 14.4. The van der Waals surface area contributed by atoms with E-state index in [9.17, 15) is 4.79 Å². The molecule has 0 N–H and O–H groups in total. The lowest BCUT2D eigenvalue weighted by Crippen LogP contribution is -2.49. The third-order valence-corrected chi connectivity index (χ3v) is 4.37. The fourth-order valence-corrected chi connectivity index (χ4v) is 3.18. The number of amides is 1. The lowest BCUT2D eigenvalue weighted by Gasteiger charge is -2.34. The number of hydrogen-bond acceptors (Lipinski definition) is 2. The first-order valence-corrected chi connectivity index (χ1v) is 7.39. The van der Waals surface area contributed by atoms with Gasteiger partial charge in [-0.3, -0.25) is 4.79 Å². The quantitative estimate of drug-likeness (QED) is 0.777. The van der Waals surface area contributed by atoms with Gasteiger partial charge < -0.3 is 9.64 Å². The topological polar surface area (TPSA) is 29.5 Å². The van der Waals surface area contributed by atoms with Crippen LogP contribution in [0.4, 0.5) is 0 Å². The summed E-state index contributed by atoms with van der Waals surface area (Å²) in [6.45, 7) is 1.78. The van der Waals surface area contributed by atoms with E-state index in [0.717, 1.165) is 18.4 Å². The Morgan fingerprint density at radius 1 is 1.37 bits per heavy atom. The second kappa shape index (κ2) is 5.51. The minimum absolute atomic E-state index is 0.00355.